The molecule has 17 heteroatoms. The van der Waals surface area contributed by atoms with Crippen molar-refractivity contribution in [3.63, 3.8) is 0 Å². The number of carbonyl (C=O) groups excluding carboxylic acids is 2. The summed E-state index contributed by atoms with van der Waals surface area (Å²) in [5, 5.41) is 11.3. The minimum Gasteiger partial charge on any atom is -0.504 e. The van der Waals surface area contributed by atoms with Gasteiger partial charge in [0.05, 0.1) is 44.9 Å². The number of phenols is 1. The lowest BCUT2D eigenvalue weighted by Crippen LogP contribution is -2.59. The normalized spacial score (nSPS) is 24.1. The molecule has 1 N–H and O–H groups in total. The lowest BCUT2D eigenvalue weighted by atomic mass is 9.64. The minimum atomic E-state index is -2.09. The molecule has 1 aliphatic carbocycles. The molecule has 0 radical (unpaired) electrons. The number of aromatic hydroxyl groups is 1. The first kappa shape index (κ1) is 33.5. The van der Waals surface area contributed by atoms with Crippen LogP contribution in [0.15, 0.2) is 56.4 Å². The molecule has 4 unspecified atom stereocenters. The molecule has 262 valence electrons. The van der Waals surface area contributed by atoms with Gasteiger partial charge in [0.2, 0.25) is 0 Å². The zero-order valence-corrected chi connectivity index (χ0v) is 29.1. The van der Waals surface area contributed by atoms with E-state index in [-0.39, 0.29) is 48.7 Å². The number of halogens is 2. The number of nitrogens with zero attached hydrogens (tertiary/aromatic N) is 6. The highest BCUT2D eigenvalue weighted by atomic mass is 35.5. The van der Waals surface area contributed by atoms with Gasteiger partial charge in [0, 0.05) is 57.1 Å². The summed E-state index contributed by atoms with van der Waals surface area (Å²) in [7, 11) is 7.18. The van der Waals surface area contributed by atoms with Gasteiger partial charge in [0.25, 0.3) is 17.4 Å². The third-order valence-electron chi connectivity index (χ3n) is 10.1. The quantitative estimate of drug-likeness (QED) is 0.168. The zero-order valence-electron chi connectivity index (χ0n) is 27.6. The summed E-state index contributed by atoms with van der Waals surface area (Å²) in [4.78, 5) is 69.9. The number of fused-ring (bicyclic) bond motifs is 5. The highest BCUT2D eigenvalue weighted by molar-refractivity contribution is 6.53. The number of hydrogen-bond donors (Lipinski definition) is 1. The molecule has 0 spiro atoms. The maximum Gasteiger partial charge on any atom is 0.347 e. The standard InChI is InChI=1S/C33H32Cl2N6O9/c1-37-20-14-24(50-5)23(49-4)13-19(20)36-18(27(37)43)10-11-39-30(46)40-12-9-16-21(41(40)31(39)47)15-32(34)28(44)38(2)29(45)33(32,35)25(16)17-7-6-8-22(48-3)26(17)42/h6-9,13-14,21,25,42H,10-12,15H2,1-5H3. The van der Waals surface area contributed by atoms with E-state index in [4.69, 9.17) is 37.4 Å². The fourth-order valence-corrected chi connectivity index (χ4v) is 8.61. The number of aromatic nitrogens is 5. The van der Waals surface area contributed by atoms with Crippen LogP contribution in [0.3, 0.4) is 0 Å². The minimum absolute atomic E-state index is 0.0661. The van der Waals surface area contributed by atoms with E-state index in [2.05, 4.69) is 4.98 Å². The number of allylic oxidation sites excluding steroid dienone is 2. The smallest absolute Gasteiger partial charge is 0.347 e. The SMILES string of the molecule is COc1cc2nc(CCn3c(=O)n4n(c3=O)C3CC5(Cl)C(=O)N(C)C(=O)C5(Cl)C(c5cccc(OC)c5O)C3=CC4)c(=O)n(C)c2cc1OC. The van der Waals surface area contributed by atoms with E-state index < -0.39 is 50.5 Å². The van der Waals surface area contributed by atoms with Gasteiger partial charge in [0.15, 0.2) is 32.7 Å². The summed E-state index contributed by atoms with van der Waals surface area (Å²) in [6.07, 6.45) is 1.29. The lowest BCUT2D eigenvalue weighted by molar-refractivity contribution is -0.137. The van der Waals surface area contributed by atoms with E-state index in [0.29, 0.717) is 28.1 Å². The number of likely N-dealkylation sites (tertiary alicyclic amines) is 1. The summed E-state index contributed by atoms with van der Waals surface area (Å²) >= 11 is 14.3. The summed E-state index contributed by atoms with van der Waals surface area (Å²) in [6, 6.07) is 6.91. The lowest BCUT2D eigenvalue weighted by Gasteiger charge is -2.49. The van der Waals surface area contributed by atoms with Gasteiger partial charge in [-0.25, -0.2) is 28.5 Å². The van der Waals surface area contributed by atoms with Crippen molar-refractivity contribution in [2.24, 2.45) is 7.05 Å². The first-order valence-corrected chi connectivity index (χ1v) is 16.3. The van der Waals surface area contributed by atoms with Crippen LogP contribution in [0, 0.1) is 0 Å². The molecule has 4 aromatic rings. The Labute approximate surface area is 293 Å². The van der Waals surface area contributed by atoms with Gasteiger partial charge >= 0.3 is 11.4 Å². The van der Waals surface area contributed by atoms with Gasteiger partial charge in [-0.05, 0) is 11.6 Å². The zero-order chi connectivity index (χ0) is 36.0. The second-order valence-corrected chi connectivity index (χ2v) is 13.7. The molecule has 1 saturated heterocycles. The number of phenolic OH excluding ortho intramolecular Hbond substituents is 1. The topological polar surface area (TPSA) is 169 Å². The number of amides is 2. The maximum absolute atomic E-state index is 14.2. The van der Waals surface area contributed by atoms with Crippen molar-refractivity contribution in [3.8, 4) is 23.0 Å². The highest BCUT2D eigenvalue weighted by Crippen LogP contribution is 2.64. The predicted molar refractivity (Wildman–Crippen MR) is 181 cm³/mol. The molecule has 2 fully saturated rings. The summed E-state index contributed by atoms with van der Waals surface area (Å²) < 4.78 is 20.9. The van der Waals surface area contributed by atoms with Crippen molar-refractivity contribution in [1.29, 1.82) is 0 Å². The number of imide groups is 1. The number of carbonyl (C=O) groups is 2. The maximum atomic E-state index is 14.2. The van der Waals surface area contributed by atoms with Crippen molar-refractivity contribution in [2.75, 3.05) is 28.4 Å². The van der Waals surface area contributed by atoms with Crippen LogP contribution in [0.4, 0.5) is 0 Å². The van der Waals surface area contributed by atoms with Crippen molar-refractivity contribution in [1.82, 2.24) is 28.4 Å². The summed E-state index contributed by atoms with van der Waals surface area (Å²) in [5.74, 6) is -2.12. The fraction of sp³-hybridized carbons (Fsp3) is 0.394. The van der Waals surface area contributed by atoms with Crippen LogP contribution < -0.4 is 31.1 Å². The summed E-state index contributed by atoms with van der Waals surface area (Å²) in [5.41, 5.74) is -0.171. The van der Waals surface area contributed by atoms with Gasteiger partial charge in [-0.2, -0.15) is 0 Å². The van der Waals surface area contributed by atoms with Gasteiger partial charge in [0.1, 0.15) is 5.69 Å². The number of para-hydroxylation sites is 1. The van der Waals surface area contributed by atoms with Gasteiger partial charge in [-0.3, -0.25) is 19.3 Å². The Balaban J connectivity index is 1.32. The van der Waals surface area contributed by atoms with Crippen LogP contribution in [0.5, 0.6) is 23.0 Å². The van der Waals surface area contributed by atoms with Crippen molar-refractivity contribution in [3.05, 3.63) is 84.6 Å². The number of aryl methyl sites for hydroxylation is 2. The van der Waals surface area contributed by atoms with E-state index >= 15 is 0 Å². The van der Waals surface area contributed by atoms with Crippen molar-refractivity contribution in [2.45, 2.75) is 47.6 Å². The molecule has 2 amide bonds. The number of methoxy groups -OCH3 is 3. The van der Waals surface area contributed by atoms with E-state index in [1.165, 1.54) is 48.4 Å². The monoisotopic (exact) mass is 726 g/mol. The van der Waals surface area contributed by atoms with Crippen LogP contribution in [0.25, 0.3) is 11.0 Å². The molecule has 2 aromatic heterocycles. The molecule has 0 bridgehead atoms. The highest BCUT2D eigenvalue weighted by Gasteiger charge is 2.75. The van der Waals surface area contributed by atoms with E-state index in [0.717, 1.165) is 9.47 Å². The number of alkyl halides is 2. The first-order valence-electron chi connectivity index (χ1n) is 15.5. The molecule has 1 saturated carbocycles. The van der Waals surface area contributed by atoms with Gasteiger partial charge in [-0.15, -0.1) is 23.2 Å². The third kappa shape index (κ3) is 4.28. The van der Waals surface area contributed by atoms with Gasteiger partial charge in [-0.1, -0.05) is 18.2 Å². The molecular weight excluding hydrogens is 695 g/mol. The van der Waals surface area contributed by atoms with Crippen molar-refractivity contribution < 1.29 is 28.9 Å². The van der Waals surface area contributed by atoms with Crippen LogP contribution in [-0.2, 0) is 36.1 Å². The Hall–Kier alpha value is -5.02. The van der Waals surface area contributed by atoms with Crippen molar-refractivity contribution >= 4 is 46.0 Å². The Morgan fingerprint density at radius 3 is 2.30 bits per heavy atom. The largest absolute Gasteiger partial charge is 0.504 e. The van der Waals surface area contributed by atoms with Crippen LogP contribution >= 0.6 is 23.2 Å². The second-order valence-electron chi connectivity index (χ2n) is 12.4. The number of rotatable bonds is 7. The van der Waals surface area contributed by atoms with E-state index in [9.17, 15) is 29.1 Å². The molecule has 4 heterocycles. The Kier molecular flexibility index (Phi) is 7.71. The van der Waals surface area contributed by atoms with E-state index in [1.807, 2.05) is 0 Å². The Morgan fingerprint density at radius 1 is 0.940 bits per heavy atom. The Morgan fingerprint density at radius 2 is 1.62 bits per heavy atom. The molecule has 4 atom stereocenters. The average molecular weight is 728 g/mol. The number of benzene rings is 2. The third-order valence-corrected chi connectivity index (χ3v) is 11.6. The second kappa shape index (κ2) is 11.5. The van der Waals surface area contributed by atoms with E-state index in [1.54, 1.807) is 37.4 Å². The molecule has 3 aliphatic rings. The average Bonchev–Trinajstić information content (AvgIpc) is 3.43. The summed E-state index contributed by atoms with van der Waals surface area (Å²) in [6.45, 7) is -0.286. The first-order chi connectivity index (χ1) is 23.7. The molecular formula is C33H32Cl2N6O9. The molecule has 15 nitrogen and oxygen atoms in total. The molecule has 2 aromatic carbocycles. The predicted octanol–water partition coefficient (Wildman–Crippen LogP) is 1.65. The van der Waals surface area contributed by atoms with Crippen LogP contribution in [0.1, 0.15) is 29.6 Å². The Bertz CT molecular complexity index is 2360. The number of ether oxygens (including phenoxy) is 3. The molecule has 2 aliphatic heterocycles. The number of hydrogen-bond acceptors (Lipinski definition) is 10. The van der Waals surface area contributed by atoms with Crippen LogP contribution in [0.2, 0.25) is 0 Å². The molecule has 50 heavy (non-hydrogen) atoms. The fourth-order valence-electron chi connectivity index (χ4n) is 7.62. The van der Waals surface area contributed by atoms with Gasteiger partial charge < -0.3 is 23.9 Å². The molecule has 7 rings (SSSR count). The van der Waals surface area contributed by atoms with Crippen LogP contribution in [-0.4, -0.2) is 83.4 Å².